The Kier molecular flexibility index (Phi) is 4.59. The average Bonchev–Trinajstić information content (AvgIpc) is 2.98. The highest BCUT2D eigenvalue weighted by Gasteiger charge is 2.16. The number of nitrogens with two attached hydrogens (primary N) is 1. The lowest BCUT2D eigenvalue weighted by atomic mass is 10.0. The normalized spacial score (nSPS) is 11.0. The third kappa shape index (κ3) is 3.15. The Balaban J connectivity index is 2.17. The summed E-state index contributed by atoms with van der Waals surface area (Å²) in [7, 11) is 1.63. The SMILES string of the molecule is COc1ccc(-c2csc3nc(C)n(CCC(N)=O)c(=O)c23)cc1C. The van der Waals surface area contributed by atoms with E-state index in [0.717, 1.165) is 22.4 Å². The molecule has 0 aliphatic rings. The summed E-state index contributed by atoms with van der Waals surface area (Å²) >= 11 is 1.44. The molecule has 1 amide bonds. The minimum absolute atomic E-state index is 0.106. The highest BCUT2D eigenvalue weighted by atomic mass is 32.1. The number of primary amides is 1. The van der Waals surface area contributed by atoms with E-state index in [1.54, 1.807) is 14.0 Å². The number of fused-ring (bicyclic) bond motifs is 1. The van der Waals surface area contributed by atoms with Crippen molar-refractivity contribution in [2.45, 2.75) is 26.8 Å². The lowest BCUT2D eigenvalue weighted by Gasteiger charge is -2.10. The van der Waals surface area contributed by atoms with Crippen molar-refractivity contribution in [1.29, 1.82) is 0 Å². The van der Waals surface area contributed by atoms with Gasteiger partial charge < -0.3 is 10.5 Å². The highest BCUT2D eigenvalue weighted by Crippen LogP contribution is 2.33. The number of thiophene rings is 1. The van der Waals surface area contributed by atoms with Gasteiger partial charge in [-0.15, -0.1) is 11.3 Å². The number of benzene rings is 1. The van der Waals surface area contributed by atoms with Crippen LogP contribution in [0.2, 0.25) is 0 Å². The van der Waals surface area contributed by atoms with Gasteiger partial charge in [0.25, 0.3) is 5.56 Å². The number of carbonyl (C=O) groups is 1. The van der Waals surface area contributed by atoms with Crippen molar-refractivity contribution in [3.8, 4) is 16.9 Å². The number of carbonyl (C=O) groups excluding carboxylic acids is 1. The number of nitrogens with zero attached hydrogens (tertiary/aromatic N) is 2. The number of ether oxygens (including phenoxy) is 1. The van der Waals surface area contributed by atoms with E-state index in [9.17, 15) is 9.59 Å². The van der Waals surface area contributed by atoms with Gasteiger partial charge in [-0.25, -0.2) is 4.98 Å². The molecular weight excluding hydrogens is 338 g/mol. The van der Waals surface area contributed by atoms with Gasteiger partial charge in [-0.05, 0) is 37.1 Å². The van der Waals surface area contributed by atoms with E-state index in [2.05, 4.69) is 4.98 Å². The first-order chi connectivity index (χ1) is 11.9. The quantitative estimate of drug-likeness (QED) is 0.760. The first-order valence-electron chi connectivity index (χ1n) is 7.84. The minimum Gasteiger partial charge on any atom is -0.496 e. The molecule has 0 saturated carbocycles. The molecule has 6 nitrogen and oxygen atoms in total. The Bertz CT molecular complexity index is 1020. The van der Waals surface area contributed by atoms with E-state index in [4.69, 9.17) is 10.5 Å². The Morgan fingerprint density at radius 3 is 2.76 bits per heavy atom. The molecule has 0 fully saturated rings. The molecule has 0 radical (unpaired) electrons. The molecule has 130 valence electrons. The average molecular weight is 357 g/mol. The summed E-state index contributed by atoms with van der Waals surface area (Å²) < 4.78 is 6.81. The summed E-state index contributed by atoms with van der Waals surface area (Å²) in [5.41, 5.74) is 7.84. The van der Waals surface area contributed by atoms with Crippen molar-refractivity contribution in [2.75, 3.05) is 7.11 Å². The molecule has 0 saturated heterocycles. The van der Waals surface area contributed by atoms with E-state index in [-0.39, 0.29) is 18.5 Å². The maximum atomic E-state index is 13.0. The van der Waals surface area contributed by atoms with Gasteiger partial charge in [0.05, 0.1) is 12.5 Å². The molecule has 0 atom stereocenters. The van der Waals surface area contributed by atoms with Crippen LogP contribution in [0, 0.1) is 13.8 Å². The first kappa shape index (κ1) is 17.2. The fraction of sp³-hybridized carbons (Fsp3) is 0.278. The predicted molar refractivity (Wildman–Crippen MR) is 99.2 cm³/mol. The van der Waals surface area contributed by atoms with Gasteiger partial charge >= 0.3 is 0 Å². The number of aryl methyl sites for hydroxylation is 2. The number of amides is 1. The number of hydrogen-bond acceptors (Lipinski definition) is 5. The minimum atomic E-state index is -0.442. The number of hydrogen-bond donors (Lipinski definition) is 1. The monoisotopic (exact) mass is 357 g/mol. The standard InChI is InChI=1S/C18H19N3O3S/c1-10-8-12(4-5-14(10)24-3)13-9-25-17-16(13)18(23)21(11(2)20-17)7-6-15(19)22/h4-5,8-9H,6-7H2,1-3H3,(H2,19,22). The molecule has 3 rings (SSSR count). The molecule has 2 heterocycles. The number of aromatic nitrogens is 2. The van der Waals surface area contributed by atoms with Gasteiger partial charge in [0, 0.05) is 23.9 Å². The van der Waals surface area contributed by atoms with Gasteiger partial charge in [-0.3, -0.25) is 14.2 Å². The molecule has 2 N–H and O–H groups in total. The van der Waals surface area contributed by atoms with Crippen LogP contribution in [0.3, 0.4) is 0 Å². The van der Waals surface area contributed by atoms with E-state index < -0.39 is 5.91 Å². The first-order valence-corrected chi connectivity index (χ1v) is 8.72. The summed E-state index contributed by atoms with van der Waals surface area (Å²) in [6.45, 7) is 3.96. The van der Waals surface area contributed by atoms with Crippen molar-refractivity contribution < 1.29 is 9.53 Å². The Labute approximate surface area is 148 Å². The lowest BCUT2D eigenvalue weighted by Crippen LogP contribution is -2.26. The molecule has 7 heteroatoms. The van der Waals surface area contributed by atoms with E-state index in [0.29, 0.717) is 16.0 Å². The van der Waals surface area contributed by atoms with Crippen LogP contribution in [0.15, 0.2) is 28.4 Å². The second-order valence-corrected chi connectivity index (χ2v) is 6.70. The molecule has 0 spiro atoms. The van der Waals surface area contributed by atoms with Gasteiger partial charge in [-0.2, -0.15) is 0 Å². The topological polar surface area (TPSA) is 87.2 Å². The summed E-state index contributed by atoms with van der Waals surface area (Å²) in [6, 6.07) is 5.81. The van der Waals surface area contributed by atoms with Crippen LogP contribution in [0.25, 0.3) is 21.3 Å². The van der Waals surface area contributed by atoms with Gasteiger partial charge in [0.15, 0.2) is 0 Å². The zero-order valence-corrected chi connectivity index (χ0v) is 15.1. The molecule has 0 bridgehead atoms. The molecule has 0 aliphatic carbocycles. The van der Waals surface area contributed by atoms with E-state index >= 15 is 0 Å². The van der Waals surface area contributed by atoms with Crippen LogP contribution >= 0.6 is 11.3 Å². The fourth-order valence-corrected chi connectivity index (χ4v) is 3.85. The fourth-order valence-electron chi connectivity index (χ4n) is 2.87. The number of methoxy groups -OCH3 is 1. The van der Waals surface area contributed by atoms with E-state index in [1.165, 1.54) is 15.9 Å². The Morgan fingerprint density at radius 1 is 1.36 bits per heavy atom. The largest absolute Gasteiger partial charge is 0.496 e. The molecule has 1 aromatic carbocycles. The highest BCUT2D eigenvalue weighted by molar-refractivity contribution is 7.17. The van der Waals surface area contributed by atoms with E-state index in [1.807, 2.05) is 30.5 Å². The second-order valence-electron chi connectivity index (χ2n) is 5.85. The molecular formula is C18H19N3O3S. The summed E-state index contributed by atoms with van der Waals surface area (Å²) in [5, 5.41) is 2.52. The van der Waals surface area contributed by atoms with Crippen LogP contribution in [0.1, 0.15) is 17.8 Å². The third-order valence-electron chi connectivity index (χ3n) is 4.17. The van der Waals surface area contributed by atoms with Crippen molar-refractivity contribution in [3.05, 3.63) is 45.3 Å². The molecule has 3 aromatic rings. The summed E-state index contributed by atoms with van der Waals surface area (Å²) in [4.78, 5) is 29.3. The van der Waals surface area contributed by atoms with Crippen molar-refractivity contribution in [2.24, 2.45) is 5.73 Å². The maximum Gasteiger partial charge on any atom is 0.262 e. The molecule has 2 aromatic heterocycles. The maximum absolute atomic E-state index is 13.0. The second kappa shape index (κ2) is 6.68. The third-order valence-corrected chi connectivity index (χ3v) is 5.04. The Hall–Kier alpha value is -2.67. The zero-order valence-electron chi connectivity index (χ0n) is 14.3. The zero-order chi connectivity index (χ0) is 18.1. The summed E-state index contributed by atoms with van der Waals surface area (Å²) in [6.07, 6.45) is 0.106. The predicted octanol–water partition coefficient (Wildman–Crippen LogP) is 2.63. The molecule has 25 heavy (non-hydrogen) atoms. The van der Waals surface area contributed by atoms with Gasteiger partial charge in [-0.1, -0.05) is 6.07 Å². The smallest absolute Gasteiger partial charge is 0.262 e. The van der Waals surface area contributed by atoms with Gasteiger partial charge in [0.2, 0.25) is 5.91 Å². The number of rotatable bonds is 5. The van der Waals surface area contributed by atoms with Gasteiger partial charge in [0.1, 0.15) is 16.4 Å². The van der Waals surface area contributed by atoms with Crippen LogP contribution in [-0.2, 0) is 11.3 Å². The Morgan fingerprint density at radius 2 is 2.12 bits per heavy atom. The van der Waals surface area contributed by atoms with Crippen LogP contribution in [-0.4, -0.2) is 22.6 Å². The summed E-state index contributed by atoms with van der Waals surface area (Å²) in [5.74, 6) is 0.942. The van der Waals surface area contributed by atoms with Crippen LogP contribution in [0.5, 0.6) is 5.75 Å². The van der Waals surface area contributed by atoms with Crippen molar-refractivity contribution >= 4 is 27.5 Å². The van der Waals surface area contributed by atoms with Crippen molar-refractivity contribution in [3.63, 3.8) is 0 Å². The van der Waals surface area contributed by atoms with Crippen molar-refractivity contribution in [1.82, 2.24) is 9.55 Å². The van der Waals surface area contributed by atoms with Crippen LogP contribution in [0.4, 0.5) is 0 Å². The molecule has 0 aliphatic heterocycles. The van der Waals surface area contributed by atoms with Crippen LogP contribution < -0.4 is 16.0 Å². The lowest BCUT2D eigenvalue weighted by molar-refractivity contribution is -0.118. The molecule has 0 unspecified atom stereocenters.